The van der Waals surface area contributed by atoms with Crippen LogP contribution in [0.4, 0.5) is 0 Å². The first-order valence-electron chi connectivity index (χ1n) is 8.54. The molecular weight excluding hydrogens is 306 g/mol. The Labute approximate surface area is 139 Å². The Balaban J connectivity index is 1.49. The lowest BCUT2D eigenvalue weighted by atomic mass is 9.99. The van der Waals surface area contributed by atoms with Crippen LogP contribution in [0.3, 0.4) is 0 Å². The second-order valence-electron chi connectivity index (χ2n) is 6.56. The molecule has 0 saturated carbocycles. The number of aromatic amines is 1. The molecule has 2 aliphatic rings. The van der Waals surface area contributed by atoms with E-state index in [4.69, 9.17) is 4.42 Å². The summed E-state index contributed by atoms with van der Waals surface area (Å²) in [6, 6.07) is 7.35. The maximum atomic E-state index is 12.5. The molecule has 6 nitrogen and oxygen atoms in total. The van der Waals surface area contributed by atoms with Crippen LogP contribution in [0.25, 0.3) is 11.5 Å². The van der Waals surface area contributed by atoms with Crippen molar-refractivity contribution in [2.75, 3.05) is 13.1 Å². The highest BCUT2D eigenvalue weighted by atomic mass is 16.3. The van der Waals surface area contributed by atoms with Crippen LogP contribution >= 0.6 is 0 Å². The van der Waals surface area contributed by atoms with E-state index in [-0.39, 0.29) is 23.1 Å². The zero-order chi connectivity index (χ0) is 16.5. The predicted molar refractivity (Wildman–Crippen MR) is 89.8 cm³/mol. The molecule has 126 valence electrons. The Morgan fingerprint density at radius 3 is 2.92 bits per heavy atom. The summed E-state index contributed by atoms with van der Waals surface area (Å²) in [6.07, 6.45) is 6.08. The van der Waals surface area contributed by atoms with E-state index in [1.807, 2.05) is 0 Å². The van der Waals surface area contributed by atoms with Crippen LogP contribution in [-0.4, -0.2) is 41.0 Å². The van der Waals surface area contributed by atoms with Crippen molar-refractivity contribution >= 4 is 5.91 Å². The fourth-order valence-corrected chi connectivity index (χ4v) is 3.89. The molecule has 4 rings (SSSR count). The van der Waals surface area contributed by atoms with Gasteiger partial charge in [0.25, 0.3) is 11.5 Å². The van der Waals surface area contributed by atoms with Crippen molar-refractivity contribution in [3.63, 3.8) is 0 Å². The number of amides is 1. The van der Waals surface area contributed by atoms with Crippen molar-refractivity contribution in [2.24, 2.45) is 0 Å². The summed E-state index contributed by atoms with van der Waals surface area (Å²) < 4.78 is 5.27. The van der Waals surface area contributed by atoms with Gasteiger partial charge in [0.2, 0.25) is 0 Å². The van der Waals surface area contributed by atoms with Gasteiger partial charge in [0.1, 0.15) is 11.3 Å². The Hall–Kier alpha value is -2.34. The molecule has 0 unspecified atom stereocenters. The molecule has 24 heavy (non-hydrogen) atoms. The molecule has 2 aromatic rings. The fraction of sp³-hybridized carbons (Fsp3) is 0.444. The van der Waals surface area contributed by atoms with Gasteiger partial charge in [-0.3, -0.25) is 14.5 Å². The third-order valence-corrected chi connectivity index (χ3v) is 5.11. The SMILES string of the molecule is O=C(N[C@H]1CCN2CCCC[C@@H]12)c1ccc(-c2ccco2)[nH]c1=O. The summed E-state index contributed by atoms with van der Waals surface area (Å²) in [5, 5.41) is 3.07. The summed E-state index contributed by atoms with van der Waals surface area (Å²) in [7, 11) is 0. The van der Waals surface area contributed by atoms with Crippen molar-refractivity contribution < 1.29 is 9.21 Å². The monoisotopic (exact) mass is 327 g/mol. The Morgan fingerprint density at radius 2 is 2.12 bits per heavy atom. The van der Waals surface area contributed by atoms with Crippen LogP contribution < -0.4 is 10.9 Å². The Kier molecular flexibility index (Phi) is 3.98. The van der Waals surface area contributed by atoms with Crippen molar-refractivity contribution in [3.05, 3.63) is 46.4 Å². The number of rotatable bonds is 3. The molecule has 0 bridgehead atoms. The minimum atomic E-state index is -0.389. The summed E-state index contributed by atoms with van der Waals surface area (Å²) in [4.78, 5) is 30.0. The Morgan fingerprint density at radius 1 is 1.21 bits per heavy atom. The number of nitrogens with zero attached hydrogens (tertiary/aromatic N) is 1. The van der Waals surface area contributed by atoms with Gasteiger partial charge in [-0.2, -0.15) is 0 Å². The number of hydrogen-bond acceptors (Lipinski definition) is 4. The number of carbonyl (C=O) groups is 1. The van der Waals surface area contributed by atoms with Crippen LogP contribution in [-0.2, 0) is 0 Å². The van der Waals surface area contributed by atoms with Crippen molar-refractivity contribution in [1.29, 1.82) is 0 Å². The maximum Gasteiger partial charge on any atom is 0.261 e. The lowest BCUT2D eigenvalue weighted by Gasteiger charge is -2.32. The highest BCUT2D eigenvalue weighted by Gasteiger charge is 2.36. The van der Waals surface area contributed by atoms with Crippen molar-refractivity contribution in [1.82, 2.24) is 15.2 Å². The first-order chi connectivity index (χ1) is 11.7. The van der Waals surface area contributed by atoms with E-state index < -0.39 is 0 Å². The average molecular weight is 327 g/mol. The van der Waals surface area contributed by atoms with Crippen LogP contribution in [0.5, 0.6) is 0 Å². The maximum absolute atomic E-state index is 12.5. The van der Waals surface area contributed by atoms with Crippen molar-refractivity contribution in [3.8, 4) is 11.5 Å². The minimum Gasteiger partial charge on any atom is -0.463 e. The second-order valence-corrected chi connectivity index (χ2v) is 6.56. The number of hydrogen-bond donors (Lipinski definition) is 2. The highest BCUT2D eigenvalue weighted by Crippen LogP contribution is 2.27. The lowest BCUT2D eigenvalue weighted by molar-refractivity contribution is 0.0914. The molecule has 6 heteroatoms. The predicted octanol–water partition coefficient (Wildman–Crippen LogP) is 1.99. The number of furan rings is 1. The average Bonchev–Trinajstić information content (AvgIpc) is 3.25. The van der Waals surface area contributed by atoms with Crippen LogP contribution in [0.15, 0.2) is 39.7 Å². The van der Waals surface area contributed by atoms with Gasteiger partial charge < -0.3 is 14.7 Å². The quantitative estimate of drug-likeness (QED) is 0.904. The molecule has 0 aromatic carbocycles. The third-order valence-electron chi connectivity index (χ3n) is 5.11. The molecule has 2 aliphatic heterocycles. The first kappa shape index (κ1) is 15.2. The molecule has 0 aliphatic carbocycles. The van der Waals surface area contributed by atoms with Gasteiger partial charge in [0.05, 0.1) is 12.0 Å². The van der Waals surface area contributed by atoms with Gasteiger partial charge in [0.15, 0.2) is 0 Å². The second kappa shape index (κ2) is 6.28. The molecule has 2 aromatic heterocycles. The zero-order valence-corrected chi connectivity index (χ0v) is 13.5. The molecule has 2 atom stereocenters. The van der Waals surface area contributed by atoms with Gasteiger partial charge in [0, 0.05) is 18.6 Å². The molecule has 0 spiro atoms. The third kappa shape index (κ3) is 2.78. The fourth-order valence-electron chi connectivity index (χ4n) is 3.89. The smallest absolute Gasteiger partial charge is 0.261 e. The van der Waals surface area contributed by atoms with Gasteiger partial charge in [-0.25, -0.2) is 0 Å². The van der Waals surface area contributed by atoms with Gasteiger partial charge in [-0.05, 0) is 50.1 Å². The summed E-state index contributed by atoms with van der Waals surface area (Å²) in [5.41, 5.74) is 0.334. The number of piperidine rings is 1. The molecular formula is C18H21N3O3. The lowest BCUT2D eigenvalue weighted by Crippen LogP contribution is -2.47. The molecule has 2 fully saturated rings. The number of carbonyl (C=O) groups excluding carboxylic acids is 1. The number of aromatic nitrogens is 1. The summed E-state index contributed by atoms with van der Waals surface area (Å²) >= 11 is 0. The number of pyridine rings is 1. The Bertz CT molecular complexity index is 781. The van der Waals surface area contributed by atoms with E-state index in [9.17, 15) is 9.59 Å². The molecule has 1 amide bonds. The minimum absolute atomic E-state index is 0.141. The topological polar surface area (TPSA) is 78.3 Å². The normalized spacial score (nSPS) is 23.8. The van der Waals surface area contributed by atoms with Crippen molar-refractivity contribution in [2.45, 2.75) is 37.8 Å². The molecule has 0 radical (unpaired) electrons. The van der Waals surface area contributed by atoms with Gasteiger partial charge >= 0.3 is 0 Å². The first-order valence-corrected chi connectivity index (χ1v) is 8.54. The van der Waals surface area contributed by atoms with Crippen LogP contribution in [0.2, 0.25) is 0 Å². The van der Waals surface area contributed by atoms with E-state index >= 15 is 0 Å². The number of fused-ring (bicyclic) bond motifs is 1. The van der Waals surface area contributed by atoms with E-state index in [0.717, 1.165) is 25.9 Å². The number of H-pyrrole nitrogens is 1. The van der Waals surface area contributed by atoms with Gasteiger partial charge in [-0.15, -0.1) is 0 Å². The standard InChI is InChI=1S/C18H21N3O3/c22-17(19-13-8-10-21-9-2-1-4-15(13)21)12-6-7-14(20-18(12)23)16-5-3-11-24-16/h3,5-7,11,13,15H,1-2,4,8-10H2,(H,19,22)(H,20,23)/t13-,15-/m0/s1. The van der Waals surface area contributed by atoms with E-state index in [1.54, 1.807) is 30.5 Å². The molecule has 2 N–H and O–H groups in total. The zero-order valence-electron chi connectivity index (χ0n) is 13.5. The van der Waals surface area contributed by atoms with Gasteiger partial charge in [-0.1, -0.05) is 6.42 Å². The summed E-state index contributed by atoms with van der Waals surface area (Å²) in [5.74, 6) is 0.285. The summed E-state index contributed by atoms with van der Waals surface area (Å²) in [6.45, 7) is 2.15. The number of nitrogens with one attached hydrogen (secondary N) is 2. The molecule has 4 heterocycles. The van der Waals surface area contributed by atoms with E-state index in [0.29, 0.717) is 17.5 Å². The largest absolute Gasteiger partial charge is 0.463 e. The highest BCUT2D eigenvalue weighted by molar-refractivity contribution is 5.94. The van der Waals surface area contributed by atoms with Crippen LogP contribution in [0.1, 0.15) is 36.0 Å². The van der Waals surface area contributed by atoms with E-state index in [2.05, 4.69) is 15.2 Å². The molecule has 2 saturated heterocycles. The van der Waals surface area contributed by atoms with E-state index in [1.165, 1.54) is 12.8 Å². The van der Waals surface area contributed by atoms with Crippen LogP contribution in [0, 0.1) is 0 Å².